The summed E-state index contributed by atoms with van der Waals surface area (Å²) in [5, 5.41) is 0.667. The second kappa shape index (κ2) is 5.50. The fraction of sp³-hybridized carbons (Fsp3) is 0.500. The van der Waals surface area contributed by atoms with Crippen molar-refractivity contribution in [1.29, 1.82) is 0 Å². The van der Waals surface area contributed by atoms with Gasteiger partial charge in [0.25, 0.3) is 5.91 Å². The summed E-state index contributed by atoms with van der Waals surface area (Å²) < 4.78 is 22.9. The molecule has 0 radical (unpaired) electrons. The van der Waals surface area contributed by atoms with E-state index in [0.717, 1.165) is 0 Å². The van der Waals surface area contributed by atoms with Crippen molar-refractivity contribution in [3.8, 4) is 0 Å². The highest BCUT2D eigenvalue weighted by molar-refractivity contribution is 7.98. The highest BCUT2D eigenvalue weighted by atomic mass is 32.2. The Morgan fingerprint density at radius 3 is 2.84 bits per heavy atom. The number of thioether (sulfide) groups is 1. The molecule has 1 aromatic heterocycles. The highest BCUT2D eigenvalue weighted by Gasteiger charge is 2.33. The van der Waals surface area contributed by atoms with Gasteiger partial charge < -0.3 is 4.90 Å². The minimum absolute atomic E-state index is 0.0596. The first kappa shape index (κ1) is 14.3. The number of aromatic nitrogens is 1. The molecule has 104 valence electrons. The molecule has 0 aromatic carbocycles. The van der Waals surface area contributed by atoms with Crippen LogP contribution >= 0.6 is 11.8 Å². The maximum Gasteiger partial charge on any atom is 0.256 e. The average molecular weight is 300 g/mol. The summed E-state index contributed by atoms with van der Waals surface area (Å²) in [5.74, 6) is 0.0569. The number of nitrogens with zero attached hydrogens (tertiary/aromatic N) is 2. The number of sulfone groups is 1. The summed E-state index contributed by atoms with van der Waals surface area (Å²) >= 11 is 1.41. The third-order valence-corrected chi connectivity index (χ3v) is 5.73. The average Bonchev–Trinajstić information content (AvgIpc) is 2.77. The first-order valence-electron chi connectivity index (χ1n) is 5.91. The van der Waals surface area contributed by atoms with E-state index in [4.69, 9.17) is 0 Å². The molecule has 0 aliphatic carbocycles. The molecular weight excluding hydrogens is 284 g/mol. The Balaban J connectivity index is 2.20. The number of carbonyl (C=O) groups excluding carboxylic acids is 1. The van der Waals surface area contributed by atoms with Crippen molar-refractivity contribution in [2.45, 2.75) is 17.5 Å². The van der Waals surface area contributed by atoms with Gasteiger partial charge in [-0.25, -0.2) is 13.4 Å². The van der Waals surface area contributed by atoms with Crippen LogP contribution in [0.3, 0.4) is 0 Å². The van der Waals surface area contributed by atoms with Gasteiger partial charge in [0, 0.05) is 19.3 Å². The lowest BCUT2D eigenvalue weighted by atomic mass is 10.2. The molecule has 0 saturated carbocycles. The van der Waals surface area contributed by atoms with Crippen molar-refractivity contribution in [2.75, 3.05) is 24.8 Å². The van der Waals surface area contributed by atoms with Crippen molar-refractivity contribution in [3.63, 3.8) is 0 Å². The molecule has 1 aliphatic heterocycles. The van der Waals surface area contributed by atoms with Crippen LogP contribution in [0.5, 0.6) is 0 Å². The van der Waals surface area contributed by atoms with E-state index in [9.17, 15) is 13.2 Å². The van der Waals surface area contributed by atoms with E-state index in [-0.39, 0.29) is 23.5 Å². The van der Waals surface area contributed by atoms with Gasteiger partial charge in [0.05, 0.1) is 17.1 Å². The van der Waals surface area contributed by atoms with E-state index in [1.165, 1.54) is 16.7 Å². The van der Waals surface area contributed by atoms with Crippen LogP contribution in [0.1, 0.15) is 16.8 Å². The second-order valence-corrected chi connectivity index (χ2v) is 7.56. The van der Waals surface area contributed by atoms with E-state index in [2.05, 4.69) is 4.98 Å². The summed E-state index contributed by atoms with van der Waals surface area (Å²) in [7, 11) is -1.33. The lowest BCUT2D eigenvalue weighted by Crippen LogP contribution is -2.38. The number of rotatable bonds is 3. The van der Waals surface area contributed by atoms with Crippen LogP contribution in [0, 0.1) is 0 Å². The van der Waals surface area contributed by atoms with E-state index < -0.39 is 9.84 Å². The van der Waals surface area contributed by atoms with Crippen LogP contribution in [0.25, 0.3) is 0 Å². The monoisotopic (exact) mass is 300 g/mol. The van der Waals surface area contributed by atoms with E-state index in [1.54, 1.807) is 25.4 Å². The molecule has 1 amide bonds. The Labute approximate surface area is 117 Å². The van der Waals surface area contributed by atoms with Gasteiger partial charge in [0.15, 0.2) is 9.84 Å². The van der Waals surface area contributed by atoms with Crippen LogP contribution in [0.15, 0.2) is 23.4 Å². The molecule has 1 aliphatic rings. The van der Waals surface area contributed by atoms with Gasteiger partial charge in [-0.3, -0.25) is 4.79 Å². The molecule has 0 spiro atoms. The molecule has 0 N–H and O–H groups in total. The Kier molecular flexibility index (Phi) is 4.15. The predicted molar refractivity (Wildman–Crippen MR) is 75.2 cm³/mol. The molecule has 19 heavy (non-hydrogen) atoms. The summed E-state index contributed by atoms with van der Waals surface area (Å²) in [6, 6.07) is 3.21. The van der Waals surface area contributed by atoms with E-state index in [0.29, 0.717) is 17.0 Å². The first-order valence-corrected chi connectivity index (χ1v) is 8.96. The van der Waals surface area contributed by atoms with Gasteiger partial charge in [-0.05, 0) is 24.8 Å². The third-order valence-electron chi connectivity index (χ3n) is 3.27. The van der Waals surface area contributed by atoms with E-state index >= 15 is 0 Å². The zero-order valence-corrected chi connectivity index (χ0v) is 12.5. The lowest BCUT2D eigenvalue weighted by molar-refractivity contribution is 0.0743. The molecule has 1 saturated heterocycles. The van der Waals surface area contributed by atoms with Crippen molar-refractivity contribution >= 4 is 27.5 Å². The molecule has 2 rings (SSSR count). The summed E-state index contributed by atoms with van der Waals surface area (Å²) in [5.41, 5.74) is 0.529. The SMILES string of the molecule is CSc1ncccc1C(=O)N(C)C1CCS(=O)(=O)C1. The number of hydrogen-bond acceptors (Lipinski definition) is 5. The molecule has 5 nitrogen and oxygen atoms in total. The molecule has 0 bridgehead atoms. The lowest BCUT2D eigenvalue weighted by Gasteiger charge is -2.24. The van der Waals surface area contributed by atoms with Crippen LogP contribution in [0.2, 0.25) is 0 Å². The summed E-state index contributed by atoms with van der Waals surface area (Å²) in [6.45, 7) is 0. The van der Waals surface area contributed by atoms with Gasteiger partial charge in [0.1, 0.15) is 5.03 Å². The number of pyridine rings is 1. The zero-order chi connectivity index (χ0) is 14.0. The summed E-state index contributed by atoms with van der Waals surface area (Å²) in [6.07, 6.45) is 4.02. The van der Waals surface area contributed by atoms with Crippen molar-refractivity contribution in [2.24, 2.45) is 0 Å². The number of hydrogen-bond donors (Lipinski definition) is 0. The predicted octanol–water partition coefficient (Wildman–Crippen LogP) is 1.06. The van der Waals surface area contributed by atoms with Gasteiger partial charge in [0.2, 0.25) is 0 Å². The standard InChI is InChI=1S/C12H16N2O3S2/c1-14(9-5-7-19(16,17)8-9)12(15)10-4-3-6-13-11(10)18-2/h3-4,6,9H,5,7-8H2,1-2H3. The Bertz CT molecular complexity index is 586. The second-order valence-electron chi connectivity index (χ2n) is 4.53. The molecule has 7 heteroatoms. The van der Waals surface area contributed by atoms with Gasteiger partial charge in [-0.1, -0.05) is 0 Å². The van der Waals surface area contributed by atoms with E-state index in [1.807, 2.05) is 6.26 Å². The molecule has 1 atom stereocenters. The number of carbonyl (C=O) groups is 1. The molecule has 2 heterocycles. The minimum atomic E-state index is -2.99. The Hall–Kier alpha value is -1.08. The molecule has 1 unspecified atom stereocenters. The zero-order valence-electron chi connectivity index (χ0n) is 10.9. The maximum absolute atomic E-state index is 12.4. The van der Waals surface area contributed by atoms with Crippen LogP contribution < -0.4 is 0 Å². The third kappa shape index (κ3) is 3.09. The molecular formula is C12H16N2O3S2. The van der Waals surface area contributed by atoms with Crippen LogP contribution in [0.4, 0.5) is 0 Å². The van der Waals surface area contributed by atoms with Crippen LogP contribution in [-0.4, -0.2) is 55.1 Å². The Morgan fingerprint density at radius 2 is 2.26 bits per heavy atom. The van der Waals surface area contributed by atoms with Gasteiger partial charge >= 0.3 is 0 Å². The van der Waals surface area contributed by atoms with Gasteiger partial charge in [-0.2, -0.15) is 0 Å². The van der Waals surface area contributed by atoms with Crippen molar-refractivity contribution in [3.05, 3.63) is 23.9 Å². The highest BCUT2D eigenvalue weighted by Crippen LogP contribution is 2.22. The maximum atomic E-state index is 12.4. The molecule has 1 fully saturated rings. The summed E-state index contributed by atoms with van der Waals surface area (Å²) in [4.78, 5) is 18.1. The Morgan fingerprint density at radius 1 is 1.53 bits per heavy atom. The van der Waals surface area contributed by atoms with Crippen LogP contribution in [-0.2, 0) is 9.84 Å². The largest absolute Gasteiger partial charge is 0.338 e. The number of amides is 1. The van der Waals surface area contributed by atoms with Crippen molar-refractivity contribution < 1.29 is 13.2 Å². The normalized spacial score (nSPS) is 21.3. The fourth-order valence-electron chi connectivity index (χ4n) is 2.15. The molecule has 1 aromatic rings. The topological polar surface area (TPSA) is 67.3 Å². The first-order chi connectivity index (χ1) is 8.94. The van der Waals surface area contributed by atoms with Gasteiger partial charge in [-0.15, -0.1) is 11.8 Å². The minimum Gasteiger partial charge on any atom is -0.338 e. The smallest absolute Gasteiger partial charge is 0.256 e. The fourth-order valence-corrected chi connectivity index (χ4v) is 4.47. The quantitative estimate of drug-likeness (QED) is 0.781. The van der Waals surface area contributed by atoms with Crippen molar-refractivity contribution in [1.82, 2.24) is 9.88 Å².